The largest absolute Gasteiger partial charge is 0.379 e. The molecule has 3 rings (SSSR count). The van der Waals surface area contributed by atoms with Gasteiger partial charge in [-0.25, -0.2) is 8.42 Å². The van der Waals surface area contributed by atoms with Crippen molar-refractivity contribution in [2.75, 3.05) is 33.4 Å². The molecule has 0 aromatic heterocycles. The van der Waals surface area contributed by atoms with Gasteiger partial charge in [0, 0.05) is 32.7 Å². The van der Waals surface area contributed by atoms with Crippen molar-refractivity contribution in [3.8, 4) is 0 Å². The molecular formula is C20H33IN4O3S. The van der Waals surface area contributed by atoms with Crippen LogP contribution in [-0.2, 0) is 27.1 Å². The van der Waals surface area contributed by atoms with Crippen LogP contribution in [0.25, 0.3) is 0 Å². The number of guanidine groups is 1. The lowest BCUT2D eigenvalue weighted by atomic mass is 9.96. The van der Waals surface area contributed by atoms with Gasteiger partial charge in [-0.05, 0) is 24.0 Å². The van der Waals surface area contributed by atoms with Crippen molar-refractivity contribution < 1.29 is 13.2 Å². The van der Waals surface area contributed by atoms with Crippen LogP contribution in [0.2, 0.25) is 0 Å². The Hall–Kier alpha value is -0.910. The summed E-state index contributed by atoms with van der Waals surface area (Å²) in [7, 11) is -1.58. The molecule has 0 bridgehead atoms. The Balaban J connectivity index is 0.00000300. The summed E-state index contributed by atoms with van der Waals surface area (Å²) in [5, 5.41) is 6.84. The highest BCUT2D eigenvalue weighted by molar-refractivity contribution is 14.0. The zero-order chi connectivity index (χ0) is 19.8. The van der Waals surface area contributed by atoms with Crippen LogP contribution in [0.3, 0.4) is 0 Å². The van der Waals surface area contributed by atoms with E-state index in [0.29, 0.717) is 38.9 Å². The summed E-state index contributed by atoms with van der Waals surface area (Å²) in [5.74, 6) is 0.789. The van der Waals surface area contributed by atoms with Crippen LogP contribution in [0.1, 0.15) is 43.2 Å². The number of benzene rings is 1. The van der Waals surface area contributed by atoms with Gasteiger partial charge in [-0.15, -0.1) is 24.0 Å². The number of hydrogen-bond donors (Lipinski definition) is 2. The topological polar surface area (TPSA) is 83.0 Å². The Kier molecular flexibility index (Phi) is 10.1. The fourth-order valence-electron chi connectivity index (χ4n) is 3.80. The molecule has 1 aliphatic heterocycles. The van der Waals surface area contributed by atoms with E-state index in [1.54, 1.807) is 7.05 Å². The zero-order valence-corrected chi connectivity index (χ0v) is 20.2. The lowest BCUT2D eigenvalue weighted by molar-refractivity contribution is 0.0729. The minimum atomic E-state index is -3.35. The molecule has 7 nitrogen and oxygen atoms in total. The maximum atomic E-state index is 12.8. The summed E-state index contributed by atoms with van der Waals surface area (Å²) in [6.45, 7) is 2.33. The summed E-state index contributed by atoms with van der Waals surface area (Å²) in [6, 6.07) is 8.18. The molecule has 0 amide bonds. The molecule has 2 fully saturated rings. The molecule has 1 aliphatic carbocycles. The smallest absolute Gasteiger partial charge is 0.218 e. The molecule has 9 heteroatoms. The second kappa shape index (κ2) is 12.1. The van der Waals surface area contributed by atoms with E-state index in [-0.39, 0.29) is 29.7 Å². The predicted octanol–water partition coefficient (Wildman–Crippen LogP) is 2.46. The summed E-state index contributed by atoms with van der Waals surface area (Å²) in [4.78, 5) is 4.33. The van der Waals surface area contributed by atoms with Gasteiger partial charge in [0.25, 0.3) is 0 Å². The van der Waals surface area contributed by atoms with Crippen molar-refractivity contribution in [1.29, 1.82) is 0 Å². The van der Waals surface area contributed by atoms with E-state index < -0.39 is 10.0 Å². The normalized spacial score (nSPS) is 19.4. The lowest BCUT2D eigenvalue weighted by Gasteiger charge is -2.27. The summed E-state index contributed by atoms with van der Waals surface area (Å²) < 4.78 is 32.4. The van der Waals surface area contributed by atoms with Gasteiger partial charge < -0.3 is 15.4 Å². The average Bonchev–Trinajstić information content (AvgIpc) is 2.73. The Morgan fingerprint density at radius 3 is 2.45 bits per heavy atom. The summed E-state index contributed by atoms with van der Waals surface area (Å²) >= 11 is 0. The maximum absolute atomic E-state index is 12.8. The number of nitrogens with one attached hydrogen (secondary N) is 2. The van der Waals surface area contributed by atoms with Crippen LogP contribution in [-0.4, -0.2) is 58.1 Å². The summed E-state index contributed by atoms with van der Waals surface area (Å²) in [6.07, 6.45) is 6.19. The van der Waals surface area contributed by atoms with Crippen molar-refractivity contribution in [2.24, 2.45) is 4.99 Å². The molecule has 164 valence electrons. The second-order valence-electron chi connectivity index (χ2n) is 7.44. The molecule has 0 radical (unpaired) electrons. The first-order chi connectivity index (χ1) is 13.6. The van der Waals surface area contributed by atoms with Crippen LogP contribution in [0.4, 0.5) is 0 Å². The monoisotopic (exact) mass is 536 g/mol. The number of nitrogens with zero attached hydrogens (tertiary/aromatic N) is 2. The van der Waals surface area contributed by atoms with Crippen molar-refractivity contribution in [3.05, 3.63) is 35.4 Å². The highest BCUT2D eigenvalue weighted by Gasteiger charge is 2.25. The van der Waals surface area contributed by atoms with E-state index in [9.17, 15) is 8.42 Å². The zero-order valence-electron chi connectivity index (χ0n) is 17.1. The van der Waals surface area contributed by atoms with Gasteiger partial charge >= 0.3 is 0 Å². The molecule has 1 heterocycles. The molecule has 1 saturated heterocycles. The molecule has 2 aliphatic rings. The highest BCUT2D eigenvalue weighted by Crippen LogP contribution is 2.18. The highest BCUT2D eigenvalue weighted by atomic mass is 127. The average molecular weight is 536 g/mol. The standard InChI is InChI=1S/C20H32N4O3S.HI/c1-21-20(23-19-9-3-2-4-10-19)22-15-17-7-5-6-8-18(17)16-28(25,26)24-11-13-27-14-12-24;/h5-8,19H,2-4,9-16H2,1H3,(H2,21,22,23);1H. The Morgan fingerprint density at radius 1 is 1.14 bits per heavy atom. The van der Waals surface area contributed by atoms with Gasteiger partial charge in [0.05, 0.1) is 19.0 Å². The second-order valence-corrected chi connectivity index (χ2v) is 9.41. The first-order valence-electron chi connectivity index (χ1n) is 10.2. The fraction of sp³-hybridized carbons (Fsp3) is 0.650. The van der Waals surface area contributed by atoms with E-state index >= 15 is 0 Å². The molecule has 2 N–H and O–H groups in total. The number of rotatable bonds is 6. The minimum Gasteiger partial charge on any atom is -0.379 e. The molecule has 1 aromatic rings. The molecule has 29 heavy (non-hydrogen) atoms. The van der Waals surface area contributed by atoms with Crippen molar-refractivity contribution in [2.45, 2.75) is 50.4 Å². The van der Waals surface area contributed by atoms with Crippen molar-refractivity contribution in [3.63, 3.8) is 0 Å². The number of sulfonamides is 1. The molecular weight excluding hydrogens is 503 g/mol. The van der Waals surface area contributed by atoms with E-state index in [0.717, 1.165) is 17.1 Å². The Morgan fingerprint density at radius 2 is 1.79 bits per heavy atom. The van der Waals surface area contributed by atoms with Gasteiger partial charge in [0.1, 0.15) is 0 Å². The lowest BCUT2D eigenvalue weighted by Crippen LogP contribution is -2.44. The molecule has 1 aromatic carbocycles. The van der Waals surface area contributed by atoms with Crippen LogP contribution >= 0.6 is 24.0 Å². The molecule has 0 unspecified atom stereocenters. The van der Waals surface area contributed by atoms with Crippen LogP contribution in [0.15, 0.2) is 29.3 Å². The van der Waals surface area contributed by atoms with E-state index in [1.807, 2.05) is 24.3 Å². The number of ether oxygens (including phenoxy) is 1. The Bertz CT molecular complexity index is 761. The first kappa shape index (κ1) is 24.4. The third-order valence-corrected chi connectivity index (χ3v) is 7.26. The van der Waals surface area contributed by atoms with Crippen LogP contribution in [0, 0.1) is 0 Å². The third kappa shape index (κ3) is 7.37. The quantitative estimate of drug-likeness (QED) is 0.332. The number of hydrogen-bond acceptors (Lipinski definition) is 4. The number of halogens is 1. The first-order valence-corrected chi connectivity index (χ1v) is 11.8. The molecule has 0 atom stereocenters. The molecule has 1 saturated carbocycles. The number of morpholine rings is 1. The third-order valence-electron chi connectivity index (χ3n) is 5.44. The van der Waals surface area contributed by atoms with E-state index in [2.05, 4.69) is 15.6 Å². The van der Waals surface area contributed by atoms with Crippen LogP contribution in [0.5, 0.6) is 0 Å². The molecule has 0 spiro atoms. The maximum Gasteiger partial charge on any atom is 0.218 e. The summed E-state index contributed by atoms with van der Waals surface area (Å²) in [5.41, 5.74) is 1.81. The van der Waals surface area contributed by atoms with Crippen LogP contribution < -0.4 is 10.6 Å². The Labute approximate surface area is 191 Å². The van der Waals surface area contributed by atoms with Gasteiger partial charge in [0.2, 0.25) is 10.0 Å². The SMILES string of the molecule is CN=C(NCc1ccccc1CS(=O)(=O)N1CCOCC1)NC1CCCCC1.I. The van der Waals surface area contributed by atoms with E-state index in [1.165, 1.54) is 36.4 Å². The van der Waals surface area contributed by atoms with Gasteiger partial charge in [-0.3, -0.25) is 4.99 Å². The van der Waals surface area contributed by atoms with Gasteiger partial charge in [-0.1, -0.05) is 43.5 Å². The van der Waals surface area contributed by atoms with Crippen molar-refractivity contribution >= 4 is 40.0 Å². The van der Waals surface area contributed by atoms with Gasteiger partial charge in [-0.2, -0.15) is 4.31 Å². The number of aliphatic imine (C=N–C) groups is 1. The van der Waals surface area contributed by atoms with Crippen molar-refractivity contribution in [1.82, 2.24) is 14.9 Å². The predicted molar refractivity (Wildman–Crippen MR) is 127 cm³/mol. The minimum absolute atomic E-state index is 0. The van der Waals surface area contributed by atoms with E-state index in [4.69, 9.17) is 4.74 Å². The fourth-order valence-corrected chi connectivity index (χ4v) is 5.36. The van der Waals surface area contributed by atoms with Gasteiger partial charge in [0.15, 0.2) is 5.96 Å².